The van der Waals surface area contributed by atoms with Crippen LogP contribution in [-0.4, -0.2) is 25.9 Å². The molecule has 0 aliphatic rings. The van der Waals surface area contributed by atoms with E-state index in [4.69, 9.17) is 5.73 Å². The monoisotopic (exact) mass is 206 g/mol. The standard InChI is InChI=1S/C8H10N6O/c9-6-2-4-14(13-6)5-8(15)11-7-1-3-10-12-7/h1-4H,5H2,(H2,9,13)(H2,10,11,12,15). The maximum Gasteiger partial charge on any atom is 0.247 e. The van der Waals surface area contributed by atoms with Gasteiger partial charge < -0.3 is 11.1 Å². The van der Waals surface area contributed by atoms with E-state index in [1.54, 1.807) is 24.5 Å². The number of anilines is 2. The van der Waals surface area contributed by atoms with E-state index in [2.05, 4.69) is 20.6 Å². The van der Waals surface area contributed by atoms with Crippen molar-refractivity contribution in [3.63, 3.8) is 0 Å². The predicted octanol–water partition coefficient (Wildman–Crippen LogP) is -0.173. The van der Waals surface area contributed by atoms with E-state index in [1.165, 1.54) is 4.68 Å². The first-order chi connectivity index (χ1) is 7.24. The summed E-state index contributed by atoms with van der Waals surface area (Å²) in [5, 5.41) is 12.8. The first-order valence-corrected chi connectivity index (χ1v) is 4.32. The molecule has 78 valence electrons. The van der Waals surface area contributed by atoms with Crippen LogP contribution >= 0.6 is 0 Å². The number of H-pyrrole nitrogens is 1. The number of aromatic amines is 1. The number of hydrogen-bond acceptors (Lipinski definition) is 4. The molecule has 15 heavy (non-hydrogen) atoms. The van der Waals surface area contributed by atoms with E-state index >= 15 is 0 Å². The molecule has 0 saturated heterocycles. The Bertz CT molecular complexity index is 445. The van der Waals surface area contributed by atoms with Crippen LogP contribution in [-0.2, 0) is 11.3 Å². The number of nitrogens with zero attached hydrogens (tertiary/aromatic N) is 3. The van der Waals surface area contributed by atoms with Crippen molar-refractivity contribution in [3.05, 3.63) is 24.5 Å². The molecular formula is C8H10N6O. The zero-order valence-corrected chi connectivity index (χ0v) is 7.84. The molecular weight excluding hydrogens is 196 g/mol. The lowest BCUT2D eigenvalue weighted by Crippen LogP contribution is -2.19. The van der Waals surface area contributed by atoms with Crippen LogP contribution in [0.3, 0.4) is 0 Å². The van der Waals surface area contributed by atoms with Gasteiger partial charge in [0.05, 0.1) is 6.20 Å². The van der Waals surface area contributed by atoms with Crippen LogP contribution < -0.4 is 11.1 Å². The van der Waals surface area contributed by atoms with Gasteiger partial charge in [0.15, 0.2) is 0 Å². The van der Waals surface area contributed by atoms with Crippen LogP contribution in [0.2, 0.25) is 0 Å². The number of nitrogens with two attached hydrogens (primary N) is 1. The van der Waals surface area contributed by atoms with Gasteiger partial charge in [-0.2, -0.15) is 10.2 Å². The lowest BCUT2D eigenvalue weighted by molar-refractivity contribution is -0.116. The van der Waals surface area contributed by atoms with E-state index in [1.807, 2.05) is 0 Å². The molecule has 1 amide bonds. The summed E-state index contributed by atoms with van der Waals surface area (Å²) in [5.41, 5.74) is 5.41. The summed E-state index contributed by atoms with van der Waals surface area (Å²) in [6, 6.07) is 3.29. The molecule has 0 aliphatic carbocycles. The van der Waals surface area contributed by atoms with Crippen molar-refractivity contribution in [2.75, 3.05) is 11.1 Å². The molecule has 0 saturated carbocycles. The molecule has 0 aromatic carbocycles. The summed E-state index contributed by atoms with van der Waals surface area (Å²) < 4.78 is 1.46. The van der Waals surface area contributed by atoms with Gasteiger partial charge in [0, 0.05) is 12.3 Å². The molecule has 2 heterocycles. The molecule has 0 bridgehead atoms. The lowest BCUT2D eigenvalue weighted by atomic mass is 10.5. The second kappa shape index (κ2) is 3.82. The van der Waals surface area contributed by atoms with E-state index in [0.29, 0.717) is 11.6 Å². The summed E-state index contributed by atoms with van der Waals surface area (Å²) in [6.07, 6.45) is 3.20. The third kappa shape index (κ3) is 2.33. The fraction of sp³-hybridized carbons (Fsp3) is 0.125. The third-order valence-electron chi connectivity index (χ3n) is 1.74. The number of carbonyl (C=O) groups excluding carboxylic acids is 1. The smallest absolute Gasteiger partial charge is 0.247 e. The van der Waals surface area contributed by atoms with Crippen molar-refractivity contribution in [1.82, 2.24) is 20.0 Å². The van der Waals surface area contributed by atoms with Gasteiger partial charge in [-0.3, -0.25) is 14.6 Å². The molecule has 0 aliphatic heterocycles. The summed E-state index contributed by atoms with van der Waals surface area (Å²) in [5.74, 6) is 0.756. The summed E-state index contributed by atoms with van der Waals surface area (Å²) in [4.78, 5) is 11.4. The Kier molecular flexibility index (Phi) is 2.36. The van der Waals surface area contributed by atoms with Crippen LogP contribution in [0, 0.1) is 0 Å². The fourth-order valence-electron chi connectivity index (χ4n) is 1.13. The number of aromatic nitrogens is 4. The zero-order valence-electron chi connectivity index (χ0n) is 7.84. The molecule has 7 nitrogen and oxygen atoms in total. The average molecular weight is 206 g/mol. The molecule has 7 heteroatoms. The summed E-state index contributed by atoms with van der Waals surface area (Å²) in [6.45, 7) is 0.121. The maximum absolute atomic E-state index is 11.4. The van der Waals surface area contributed by atoms with Gasteiger partial charge in [0.25, 0.3) is 0 Å². The Morgan fingerprint density at radius 2 is 2.47 bits per heavy atom. The molecule has 0 fully saturated rings. The van der Waals surface area contributed by atoms with Gasteiger partial charge in [-0.15, -0.1) is 0 Å². The quantitative estimate of drug-likeness (QED) is 0.648. The highest BCUT2D eigenvalue weighted by atomic mass is 16.2. The van der Waals surface area contributed by atoms with Gasteiger partial charge in [0.2, 0.25) is 5.91 Å². The summed E-state index contributed by atoms with van der Waals surface area (Å²) >= 11 is 0. The van der Waals surface area contributed by atoms with Crippen molar-refractivity contribution in [3.8, 4) is 0 Å². The first kappa shape index (κ1) is 9.25. The van der Waals surface area contributed by atoms with Gasteiger partial charge in [-0.25, -0.2) is 0 Å². The van der Waals surface area contributed by atoms with Crippen molar-refractivity contribution >= 4 is 17.5 Å². The second-order valence-corrected chi connectivity index (χ2v) is 2.96. The number of amides is 1. The number of nitrogens with one attached hydrogen (secondary N) is 2. The maximum atomic E-state index is 11.4. The average Bonchev–Trinajstić information content (AvgIpc) is 2.77. The van der Waals surface area contributed by atoms with Crippen LogP contribution in [0.5, 0.6) is 0 Å². The van der Waals surface area contributed by atoms with E-state index in [0.717, 1.165) is 0 Å². The van der Waals surface area contributed by atoms with Crippen molar-refractivity contribution in [2.45, 2.75) is 6.54 Å². The number of rotatable bonds is 3. The molecule has 0 unspecified atom stereocenters. The molecule has 2 rings (SSSR count). The molecule has 0 atom stereocenters. The Morgan fingerprint density at radius 1 is 1.60 bits per heavy atom. The minimum absolute atomic E-state index is 0.121. The van der Waals surface area contributed by atoms with Crippen molar-refractivity contribution in [1.29, 1.82) is 0 Å². The molecule has 2 aromatic heterocycles. The van der Waals surface area contributed by atoms with Crippen molar-refractivity contribution < 1.29 is 4.79 Å². The molecule has 0 spiro atoms. The van der Waals surface area contributed by atoms with Crippen LogP contribution in [0.15, 0.2) is 24.5 Å². The third-order valence-corrected chi connectivity index (χ3v) is 1.74. The highest BCUT2D eigenvalue weighted by Gasteiger charge is 2.04. The Labute approximate surface area is 85.3 Å². The Morgan fingerprint density at radius 3 is 3.07 bits per heavy atom. The van der Waals surface area contributed by atoms with E-state index in [9.17, 15) is 4.79 Å². The number of nitrogen functional groups attached to an aromatic ring is 1. The SMILES string of the molecule is Nc1ccn(CC(=O)Nc2ccn[nH]2)n1. The van der Waals surface area contributed by atoms with Crippen LogP contribution in [0.25, 0.3) is 0 Å². The molecule has 2 aromatic rings. The van der Waals surface area contributed by atoms with Gasteiger partial charge >= 0.3 is 0 Å². The summed E-state index contributed by atoms with van der Waals surface area (Å²) in [7, 11) is 0. The van der Waals surface area contributed by atoms with Crippen molar-refractivity contribution in [2.24, 2.45) is 0 Å². The van der Waals surface area contributed by atoms with Gasteiger partial charge in [-0.1, -0.05) is 0 Å². The zero-order chi connectivity index (χ0) is 10.7. The van der Waals surface area contributed by atoms with Gasteiger partial charge in [-0.05, 0) is 6.07 Å². The first-order valence-electron chi connectivity index (χ1n) is 4.32. The normalized spacial score (nSPS) is 10.1. The highest BCUT2D eigenvalue weighted by molar-refractivity contribution is 5.89. The minimum atomic E-state index is -0.192. The highest BCUT2D eigenvalue weighted by Crippen LogP contribution is 2.00. The number of hydrogen-bond donors (Lipinski definition) is 3. The van der Waals surface area contributed by atoms with E-state index < -0.39 is 0 Å². The predicted molar refractivity (Wildman–Crippen MR) is 53.9 cm³/mol. The molecule has 0 radical (unpaired) electrons. The second-order valence-electron chi connectivity index (χ2n) is 2.96. The van der Waals surface area contributed by atoms with Gasteiger partial charge in [0.1, 0.15) is 18.2 Å². The molecule has 4 N–H and O–H groups in total. The minimum Gasteiger partial charge on any atom is -0.382 e. The Hall–Kier alpha value is -2.31. The largest absolute Gasteiger partial charge is 0.382 e. The van der Waals surface area contributed by atoms with E-state index in [-0.39, 0.29) is 12.5 Å². The fourth-order valence-corrected chi connectivity index (χ4v) is 1.13. The number of carbonyl (C=O) groups is 1. The topological polar surface area (TPSA) is 102 Å². The van der Waals surface area contributed by atoms with Crippen LogP contribution in [0.1, 0.15) is 0 Å². The lowest BCUT2D eigenvalue weighted by Gasteiger charge is -2.01. The Balaban J connectivity index is 1.93. The van der Waals surface area contributed by atoms with Crippen LogP contribution in [0.4, 0.5) is 11.6 Å².